The van der Waals surface area contributed by atoms with Gasteiger partial charge in [-0.25, -0.2) is 4.79 Å². The van der Waals surface area contributed by atoms with Gasteiger partial charge in [0, 0.05) is 12.5 Å². The largest absolute Gasteiger partial charge is 0.497 e. The molecular weight excluding hydrogens is 354 g/mol. The molecule has 1 amide bonds. The summed E-state index contributed by atoms with van der Waals surface area (Å²) in [4.78, 5) is 14.1. The summed E-state index contributed by atoms with van der Waals surface area (Å²) in [7, 11) is 1.64. The molecule has 1 saturated heterocycles. The number of cyclic esters (lactones) is 1. The molecule has 5 heteroatoms. The van der Waals surface area contributed by atoms with Crippen LogP contribution in [0.4, 0.5) is 4.79 Å². The summed E-state index contributed by atoms with van der Waals surface area (Å²) in [5.41, 5.74) is 2.17. The number of methoxy groups -OCH3 is 1. The Morgan fingerprint density at radius 2 is 1.93 bits per heavy atom. The van der Waals surface area contributed by atoms with Crippen molar-refractivity contribution < 1.29 is 19.0 Å². The van der Waals surface area contributed by atoms with Gasteiger partial charge < -0.3 is 14.2 Å². The van der Waals surface area contributed by atoms with Gasteiger partial charge in [-0.1, -0.05) is 48.5 Å². The highest BCUT2D eigenvalue weighted by Gasteiger charge is 2.37. The highest BCUT2D eigenvalue weighted by Crippen LogP contribution is 2.26. The van der Waals surface area contributed by atoms with E-state index in [1.54, 1.807) is 12.0 Å². The molecular formula is C23H27NO4. The van der Waals surface area contributed by atoms with E-state index in [1.807, 2.05) is 60.7 Å². The van der Waals surface area contributed by atoms with Gasteiger partial charge in [0.05, 0.1) is 26.4 Å². The third kappa shape index (κ3) is 5.14. The van der Waals surface area contributed by atoms with Crippen molar-refractivity contribution in [3.05, 3.63) is 78.4 Å². The molecule has 0 spiro atoms. The van der Waals surface area contributed by atoms with Crippen molar-refractivity contribution >= 4 is 6.09 Å². The standard InChI is InChI=1S/C23H27NO4/c1-3-7-20(16-27-15-19-8-5-4-6-9-19)22-17-28-23(25)24(22)14-18-10-12-21(26-2)13-11-18/h3-6,8-13,20,22H,1,7,14-17H2,2H3/t20-,22+/m0/s1. The van der Waals surface area contributed by atoms with Crippen LogP contribution in [0.5, 0.6) is 5.75 Å². The van der Waals surface area contributed by atoms with Gasteiger partial charge >= 0.3 is 6.09 Å². The van der Waals surface area contributed by atoms with E-state index in [4.69, 9.17) is 14.2 Å². The number of nitrogens with zero attached hydrogens (tertiary/aromatic N) is 1. The fourth-order valence-electron chi connectivity index (χ4n) is 3.42. The van der Waals surface area contributed by atoms with Crippen LogP contribution >= 0.6 is 0 Å². The van der Waals surface area contributed by atoms with Crippen molar-refractivity contribution in [1.82, 2.24) is 4.90 Å². The lowest BCUT2D eigenvalue weighted by molar-refractivity contribution is 0.0583. The monoisotopic (exact) mass is 381 g/mol. The van der Waals surface area contributed by atoms with Crippen LogP contribution in [0.3, 0.4) is 0 Å². The van der Waals surface area contributed by atoms with Gasteiger partial charge in [-0.15, -0.1) is 6.58 Å². The Kier molecular flexibility index (Phi) is 7.09. The zero-order valence-corrected chi connectivity index (χ0v) is 16.3. The smallest absolute Gasteiger partial charge is 0.410 e. The number of hydrogen-bond acceptors (Lipinski definition) is 4. The van der Waals surface area contributed by atoms with Gasteiger partial charge in [0.25, 0.3) is 0 Å². The second-order valence-electron chi connectivity index (χ2n) is 6.91. The van der Waals surface area contributed by atoms with Gasteiger partial charge in [0.2, 0.25) is 0 Å². The third-order valence-electron chi connectivity index (χ3n) is 4.98. The van der Waals surface area contributed by atoms with Crippen LogP contribution in [-0.4, -0.2) is 37.4 Å². The highest BCUT2D eigenvalue weighted by atomic mass is 16.6. The number of benzene rings is 2. The first-order chi connectivity index (χ1) is 13.7. The van der Waals surface area contributed by atoms with E-state index in [0.717, 1.165) is 23.3 Å². The lowest BCUT2D eigenvalue weighted by atomic mass is 9.96. The fraction of sp³-hybridized carbons (Fsp3) is 0.348. The minimum atomic E-state index is -0.280. The van der Waals surface area contributed by atoms with Crippen molar-refractivity contribution in [2.45, 2.75) is 25.6 Å². The van der Waals surface area contributed by atoms with Crippen molar-refractivity contribution in [2.75, 3.05) is 20.3 Å². The summed E-state index contributed by atoms with van der Waals surface area (Å²) in [5.74, 6) is 0.925. The predicted molar refractivity (Wildman–Crippen MR) is 108 cm³/mol. The first-order valence-electron chi connectivity index (χ1n) is 9.50. The first kappa shape index (κ1) is 20.0. The lowest BCUT2D eigenvalue weighted by Gasteiger charge is -2.28. The number of amides is 1. The Morgan fingerprint density at radius 1 is 1.18 bits per heavy atom. The summed E-state index contributed by atoms with van der Waals surface area (Å²) < 4.78 is 16.5. The van der Waals surface area contributed by atoms with Crippen LogP contribution < -0.4 is 4.74 Å². The van der Waals surface area contributed by atoms with Crippen molar-refractivity contribution in [1.29, 1.82) is 0 Å². The van der Waals surface area contributed by atoms with Crippen LogP contribution in [0.2, 0.25) is 0 Å². The van der Waals surface area contributed by atoms with Crippen molar-refractivity contribution in [3.8, 4) is 5.75 Å². The predicted octanol–water partition coefficient (Wildman–Crippen LogP) is 4.43. The van der Waals surface area contributed by atoms with E-state index in [1.165, 1.54) is 0 Å². The minimum absolute atomic E-state index is 0.0385. The Balaban J connectivity index is 1.63. The fourth-order valence-corrected chi connectivity index (χ4v) is 3.42. The second-order valence-corrected chi connectivity index (χ2v) is 6.91. The van der Waals surface area contributed by atoms with Crippen LogP contribution in [0, 0.1) is 5.92 Å². The minimum Gasteiger partial charge on any atom is -0.497 e. The maximum atomic E-state index is 12.3. The molecule has 0 saturated carbocycles. The molecule has 0 aromatic heterocycles. The van der Waals surface area contributed by atoms with Crippen LogP contribution in [0.15, 0.2) is 67.3 Å². The summed E-state index contributed by atoms with van der Waals surface area (Å²) >= 11 is 0. The quantitative estimate of drug-likeness (QED) is 0.572. The average Bonchev–Trinajstić information content (AvgIpc) is 3.09. The molecule has 28 heavy (non-hydrogen) atoms. The van der Waals surface area contributed by atoms with Crippen LogP contribution in [0.25, 0.3) is 0 Å². The molecule has 0 unspecified atom stereocenters. The Hall–Kier alpha value is -2.79. The molecule has 1 heterocycles. The molecule has 3 rings (SSSR count). The number of carbonyl (C=O) groups excluding carboxylic acids is 1. The molecule has 1 fully saturated rings. The SMILES string of the molecule is C=CC[C@@H](COCc1ccccc1)[C@H]1COC(=O)N1Cc1ccc(OC)cc1. The van der Waals surface area contributed by atoms with Crippen LogP contribution in [-0.2, 0) is 22.6 Å². The maximum Gasteiger partial charge on any atom is 0.410 e. The molecule has 148 valence electrons. The molecule has 0 bridgehead atoms. The summed E-state index contributed by atoms with van der Waals surface area (Å²) in [5, 5.41) is 0. The molecule has 2 aromatic rings. The molecule has 2 aromatic carbocycles. The molecule has 1 aliphatic rings. The van der Waals surface area contributed by atoms with Gasteiger partial charge in [-0.2, -0.15) is 0 Å². The van der Waals surface area contributed by atoms with Crippen molar-refractivity contribution in [2.24, 2.45) is 5.92 Å². The van der Waals surface area contributed by atoms with Gasteiger partial charge in [-0.3, -0.25) is 4.90 Å². The number of hydrogen-bond donors (Lipinski definition) is 0. The van der Waals surface area contributed by atoms with Gasteiger partial charge in [0.1, 0.15) is 12.4 Å². The topological polar surface area (TPSA) is 48.0 Å². The molecule has 1 aliphatic heterocycles. The normalized spacial score (nSPS) is 17.2. The average molecular weight is 381 g/mol. The van der Waals surface area contributed by atoms with E-state index in [0.29, 0.717) is 26.4 Å². The second kappa shape index (κ2) is 9.95. The summed E-state index contributed by atoms with van der Waals surface area (Å²) in [6.45, 7) is 5.84. The number of rotatable bonds is 10. The zero-order chi connectivity index (χ0) is 19.8. The first-order valence-corrected chi connectivity index (χ1v) is 9.50. The van der Waals surface area contributed by atoms with E-state index < -0.39 is 0 Å². The van der Waals surface area contributed by atoms with Gasteiger partial charge in [-0.05, 0) is 29.7 Å². The number of carbonyl (C=O) groups is 1. The summed E-state index contributed by atoms with van der Waals surface area (Å²) in [6.07, 6.45) is 2.36. The van der Waals surface area contributed by atoms with Crippen molar-refractivity contribution in [3.63, 3.8) is 0 Å². The van der Waals surface area contributed by atoms with Gasteiger partial charge in [0.15, 0.2) is 0 Å². The molecule has 2 atom stereocenters. The highest BCUT2D eigenvalue weighted by molar-refractivity contribution is 5.70. The third-order valence-corrected chi connectivity index (χ3v) is 4.98. The van der Waals surface area contributed by atoms with Crippen LogP contribution in [0.1, 0.15) is 17.5 Å². The number of ether oxygens (including phenoxy) is 3. The molecule has 0 radical (unpaired) electrons. The summed E-state index contributed by atoms with van der Waals surface area (Å²) in [6, 6.07) is 17.8. The lowest BCUT2D eigenvalue weighted by Crippen LogP contribution is -2.40. The van der Waals surface area contributed by atoms with E-state index >= 15 is 0 Å². The van der Waals surface area contributed by atoms with E-state index in [9.17, 15) is 4.79 Å². The van der Waals surface area contributed by atoms with E-state index in [-0.39, 0.29) is 18.1 Å². The maximum absolute atomic E-state index is 12.3. The number of allylic oxidation sites excluding steroid dienone is 1. The molecule has 5 nitrogen and oxygen atoms in total. The zero-order valence-electron chi connectivity index (χ0n) is 16.3. The Bertz CT molecular complexity index is 760. The van der Waals surface area contributed by atoms with E-state index in [2.05, 4.69) is 6.58 Å². The Morgan fingerprint density at radius 3 is 2.61 bits per heavy atom. The molecule has 0 N–H and O–H groups in total. The Labute approximate surface area is 166 Å². The molecule has 0 aliphatic carbocycles.